The molecule has 0 aliphatic heterocycles. The second-order valence-corrected chi connectivity index (χ2v) is 18.8. The second-order valence-electron chi connectivity index (χ2n) is 18.8. The Kier molecular flexibility index (Phi) is 6.74. The number of hydrogen-bond acceptors (Lipinski definition) is 2. The summed E-state index contributed by atoms with van der Waals surface area (Å²) < 4.78 is 4.77. The Bertz CT molecular complexity index is 4240. The van der Waals surface area contributed by atoms with Crippen molar-refractivity contribution in [1.29, 1.82) is 0 Å². The van der Waals surface area contributed by atoms with Crippen molar-refractivity contribution in [1.82, 2.24) is 19.1 Å². The van der Waals surface area contributed by atoms with Gasteiger partial charge in [-0.15, -0.1) is 0 Å². The van der Waals surface area contributed by atoms with E-state index in [1.54, 1.807) is 0 Å². The number of nitrogens with zero attached hydrogens (tertiary/aromatic N) is 4. The number of allylic oxidation sites excluding steroid dienone is 1. The summed E-state index contributed by atoms with van der Waals surface area (Å²) in [6.07, 6.45) is 6.79. The average Bonchev–Trinajstić information content (AvgIpc) is 4.07. The number of rotatable bonds is 4. The van der Waals surface area contributed by atoms with Crippen molar-refractivity contribution in [3.63, 3.8) is 0 Å². The van der Waals surface area contributed by atoms with E-state index in [9.17, 15) is 0 Å². The first-order valence-corrected chi connectivity index (χ1v) is 23.3. The molecule has 0 spiro atoms. The Hall–Kier alpha value is -8.34. The predicted octanol–water partition coefficient (Wildman–Crippen LogP) is 15.7. The molecule has 10 aromatic carbocycles. The van der Waals surface area contributed by atoms with Gasteiger partial charge in [0.2, 0.25) is 5.95 Å². The third-order valence-corrected chi connectivity index (χ3v) is 15.3. The number of hydrogen-bond donors (Lipinski definition) is 0. The summed E-state index contributed by atoms with van der Waals surface area (Å²) in [4.78, 5) is 11.3. The largest absolute Gasteiger partial charge is 0.309 e. The van der Waals surface area contributed by atoms with E-state index in [1.165, 1.54) is 105 Å². The van der Waals surface area contributed by atoms with Gasteiger partial charge in [0.05, 0.1) is 33.5 Å². The second kappa shape index (κ2) is 12.7. The lowest BCUT2D eigenvalue weighted by atomic mass is 9.80. The summed E-state index contributed by atoms with van der Waals surface area (Å²) in [6.45, 7) is 0. The molecule has 4 nitrogen and oxygen atoms in total. The van der Waals surface area contributed by atoms with Gasteiger partial charge in [0.25, 0.3) is 0 Å². The lowest BCUT2D eigenvalue weighted by molar-refractivity contribution is 0.987. The maximum Gasteiger partial charge on any atom is 0.235 e. The van der Waals surface area contributed by atoms with Gasteiger partial charge in [0.15, 0.2) is 0 Å². The van der Waals surface area contributed by atoms with Crippen LogP contribution >= 0.6 is 0 Å². The van der Waals surface area contributed by atoms with Gasteiger partial charge in [-0.2, -0.15) is 0 Å². The van der Waals surface area contributed by atoms with Crippen molar-refractivity contribution < 1.29 is 0 Å². The summed E-state index contributed by atoms with van der Waals surface area (Å²) in [5.74, 6) is 1.79. The van der Waals surface area contributed by atoms with E-state index in [4.69, 9.17) is 9.97 Å². The molecule has 16 rings (SSSR count). The summed E-state index contributed by atoms with van der Waals surface area (Å²) in [5, 5.41) is 12.4. The van der Waals surface area contributed by atoms with Gasteiger partial charge in [0, 0.05) is 38.4 Å². The lowest BCUT2D eigenvalue weighted by Gasteiger charge is -2.24. The molecule has 66 heavy (non-hydrogen) atoms. The lowest BCUT2D eigenvalue weighted by Crippen LogP contribution is -2.06. The van der Waals surface area contributed by atoms with Crippen molar-refractivity contribution in [3.05, 3.63) is 210 Å². The Balaban J connectivity index is 0.997. The van der Waals surface area contributed by atoms with Crippen LogP contribution in [-0.2, 0) is 6.42 Å². The van der Waals surface area contributed by atoms with Crippen LogP contribution in [0.2, 0.25) is 0 Å². The van der Waals surface area contributed by atoms with Crippen molar-refractivity contribution in [3.8, 4) is 45.3 Å². The van der Waals surface area contributed by atoms with Crippen LogP contribution in [0.5, 0.6) is 0 Å². The van der Waals surface area contributed by atoms with Gasteiger partial charge in [0.1, 0.15) is 0 Å². The maximum absolute atomic E-state index is 5.69. The van der Waals surface area contributed by atoms with Gasteiger partial charge in [-0.1, -0.05) is 133 Å². The van der Waals surface area contributed by atoms with Gasteiger partial charge >= 0.3 is 0 Å². The smallest absolute Gasteiger partial charge is 0.235 e. The molecule has 3 aromatic heterocycles. The molecule has 3 heterocycles. The minimum absolute atomic E-state index is 0.538. The molecule has 1 fully saturated rings. The normalized spacial score (nSPS) is 16.0. The number of benzene rings is 10. The van der Waals surface area contributed by atoms with Crippen molar-refractivity contribution in [2.24, 2.45) is 0 Å². The highest BCUT2D eigenvalue weighted by Crippen LogP contribution is 2.64. The molecule has 3 aliphatic carbocycles. The number of fused-ring (bicyclic) bond motifs is 10. The molecule has 0 saturated heterocycles. The fourth-order valence-electron chi connectivity index (χ4n) is 12.5. The Labute approximate surface area is 379 Å². The van der Waals surface area contributed by atoms with E-state index in [1.807, 2.05) is 0 Å². The highest BCUT2D eigenvalue weighted by molar-refractivity contribution is 6.26. The minimum Gasteiger partial charge on any atom is -0.309 e. The van der Waals surface area contributed by atoms with Gasteiger partial charge in [-0.05, 0) is 151 Å². The fourth-order valence-corrected chi connectivity index (χ4v) is 12.5. The molecule has 2 atom stereocenters. The van der Waals surface area contributed by atoms with E-state index >= 15 is 0 Å². The molecular formula is C62H38N4. The molecule has 0 bridgehead atoms. The topological polar surface area (TPSA) is 35.6 Å². The molecular weight excluding hydrogens is 801 g/mol. The van der Waals surface area contributed by atoms with Crippen LogP contribution in [0.15, 0.2) is 188 Å². The molecule has 3 aliphatic rings. The van der Waals surface area contributed by atoms with E-state index in [0.29, 0.717) is 17.8 Å². The summed E-state index contributed by atoms with van der Waals surface area (Å²) in [6, 6.07) is 67.5. The van der Waals surface area contributed by atoms with Crippen molar-refractivity contribution >= 4 is 82.0 Å². The Morgan fingerprint density at radius 1 is 0.439 bits per heavy atom. The average molecular weight is 839 g/mol. The Morgan fingerprint density at radius 3 is 1.91 bits per heavy atom. The quantitative estimate of drug-likeness (QED) is 0.166. The van der Waals surface area contributed by atoms with Gasteiger partial charge < -0.3 is 4.57 Å². The van der Waals surface area contributed by atoms with Crippen LogP contribution in [0.4, 0.5) is 0 Å². The first-order chi connectivity index (χ1) is 32.7. The van der Waals surface area contributed by atoms with Crippen LogP contribution in [0, 0.1) is 0 Å². The van der Waals surface area contributed by atoms with Gasteiger partial charge in [-0.3, -0.25) is 4.57 Å². The summed E-state index contributed by atoms with van der Waals surface area (Å²) in [5.41, 5.74) is 18.4. The molecule has 0 N–H and O–H groups in total. The van der Waals surface area contributed by atoms with Crippen LogP contribution < -0.4 is 0 Å². The zero-order valence-corrected chi connectivity index (χ0v) is 35.8. The van der Waals surface area contributed by atoms with E-state index in [0.717, 1.165) is 45.7 Å². The van der Waals surface area contributed by atoms with Crippen molar-refractivity contribution in [2.45, 2.75) is 24.7 Å². The first kappa shape index (κ1) is 35.1. The molecule has 306 valence electrons. The summed E-state index contributed by atoms with van der Waals surface area (Å²) >= 11 is 0. The molecule has 2 unspecified atom stereocenters. The van der Waals surface area contributed by atoms with Crippen LogP contribution in [0.1, 0.15) is 40.5 Å². The SMILES string of the molecule is C1=Cc2cccc3c2-c2c(cc(-c4cc(-c5cc6ccc7cccc8ccc(c5)c6c78)nc(-n5c6ccccc6c6c5ccc5c7ccccc7n(-c7ccccc7)c56)n4)cc2C2CC32)C1. The van der Waals surface area contributed by atoms with Crippen LogP contribution in [0.3, 0.4) is 0 Å². The third kappa shape index (κ3) is 4.67. The number of para-hydroxylation sites is 3. The molecule has 4 heteroatoms. The standard InChI is InChI=1S/C62H38N4/c1-2-16-43(17-3-1)65-53-21-6-4-18-44(53)46-27-28-55-60(61(46)65)47-19-5-7-22-54(47)66(55)62-63-51(41-30-39-25-23-36-12-8-13-37-24-26-40(31-41)57(39)56(36)37)34-52(64-62)42-29-38-15-9-11-35-14-10-20-45-48-33-49(48)50(32-42)59(38)58(35)45/h1-14,16-32,34,48-49H,15,33H2. The fraction of sp³-hybridized carbons (Fsp3) is 0.0645. The zero-order chi connectivity index (χ0) is 42.8. The monoisotopic (exact) mass is 838 g/mol. The molecule has 0 radical (unpaired) electrons. The van der Waals surface area contributed by atoms with Crippen LogP contribution in [0.25, 0.3) is 127 Å². The van der Waals surface area contributed by atoms with Gasteiger partial charge in [-0.25, -0.2) is 9.97 Å². The van der Waals surface area contributed by atoms with Crippen LogP contribution in [-0.4, -0.2) is 19.1 Å². The first-order valence-electron chi connectivity index (χ1n) is 23.3. The summed E-state index contributed by atoms with van der Waals surface area (Å²) in [7, 11) is 0. The number of aromatic nitrogens is 4. The molecule has 13 aromatic rings. The Morgan fingerprint density at radius 2 is 1.11 bits per heavy atom. The molecule has 1 saturated carbocycles. The predicted molar refractivity (Wildman–Crippen MR) is 274 cm³/mol. The maximum atomic E-state index is 5.69. The van der Waals surface area contributed by atoms with E-state index in [-0.39, 0.29) is 0 Å². The van der Waals surface area contributed by atoms with Crippen molar-refractivity contribution in [2.75, 3.05) is 0 Å². The zero-order valence-electron chi connectivity index (χ0n) is 35.8. The third-order valence-electron chi connectivity index (χ3n) is 15.3. The molecule has 0 amide bonds. The highest BCUT2D eigenvalue weighted by Gasteiger charge is 2.47. The minimum atomic E-state index is 0.538. The van der Waals surface area contributed by atoms with E-state index in [2.05, 4.69) is 203 Å². The highest BCUT2D eigenvalue weighted by atomic mass is 15.2. The van der Waals surface area contributed by atoms with E-state index < -0.39 is 0 Å².